The number of aliphatic hydroxyl groups excluding tert-OH is 1. The molecule has 0 fully saturated rings. The standard InChI is InChI=1S/C12H13FO5/c1-18-10(4-5-11(15)16)12(17)7-2-3-9(14)8(13)6-7/h2-6,10,12,14,17H,1H3,(H,15,16)/b5-4+/t10-,12-/m1/s1. The van der Waals surface area contributed by atoms with Gasteiger partial charge in [0.2, 0.25) is 0 Å². The second kappa shape index (κ2) is 6.13. The predicted octanol–water partition coefficient (Wildman–Crippen LogP) is 1.22. The number of phenols is 1. The highest BCUT2D eigenvalue weighted by molar-refractivity contribution is 5.79. The number of benzene rings is 1. The lowest BCUT2D eigenvalue weighted by molar-refractivity contribution is -0.131. The number of carboxylic acid groups (broad SMARTS) is 1. The van der Waals surface area contributed by atoms with E-state index in [4.69, 9.17) is 14.9 Å². The molecule has 0 aliphatic heterocycles. The number of phenolic OH excluding ortho intramolecular Hbond substituents is 1. The molecule has 2 atom stereocenters. The Morgan fingerprint density at radius 2 is 2.17 bits per heavy atom. The second-order valence-electron chi connectivity index (χ2n) is 3.55. The molecule has 0 radical (unpaired) electrons. The van der Waals surface area contributed by atoms with Crippen molar-refractivity contribution in [3.63, 3.8) is 0 Å². The van der Waals surface area contributed by atoms with Crippen LogP contribution in [0.5, 0.6) is 5.75 Å². The Labute approximate surface area is 103 Å². The molecule has 0 bridgehead atoms. The van der Waals surface area contributed by atoms with Crippen LogP contribution in [0.25, 0.3) is 0 Å². The molecule has 98 valence electrons. The summed E-state index contributed by atoms with van der Waals surface area (Å²) in [6, 6.07) is 3.38. The van der Waals surface area contributed by atoms with E-state index < -0.39 is 29.7 Å². The molecule has 3 N–H and O–H groups in total. The SMILES string of the molecule is CO[C@H](/C=C/C(=O)O)[C@H](O)c1ccc(O)c(F)c1. The lowest BCUT2D eigenvalue weighted by atomic mass is 10.0. The number of carboxylic acids is 1. The summed E-state index contributed by atoms with van der Waals surface area (Å²) in [5.74, 6) is -2.58. The van der Waals surface area contributed by atoms with Crippen LogP contribution in [0.4, 0.5) is 4.39 Å². The highest BCUT2D eigenvalue weighted by Crippen LogP contribution is 2.24. The average molecular weight is 256 g/mol. The van der Waals surface area contributed by atoms with Gasteiger partial charge in [0, 0.05) is 13.2 Å². The zero-order chi connectivity index (χ0) is 13.7. The van der Waals surface area contributed by atoms with Crippen LogP contribution in [0.15, 0.2) is 30.4 Å². The number of rotatable bonds is 5. The first-order chi connectivity index (χ1) is 8.45. The molecule has 1 aromatic rings. The van der Waals surface area contributed by atoms with Crippen molar-refractivity contribution >= 4 is 5.97 Å². The molecule has 6 heteroatoms. The molecule has 0 unspecified atom stereocenters. The van der Waals surface area contributed by atoms with E-state index in [1.54, 1.807) is 0 Å². The van der Waals surface area contributed by atoms with Gasteiger partial charge in [0.05, 0.1) is 0 Å². The Balaban J connectivity index is 2.92. The molecule has 0 aliphatic carbocycles. The first-order valence-corrected chi connectivity index (χ1v) is 5.06. The van der Waals surface area contributed by atoms with E-state index in [0.717, 1.165) is 24.3 Å². The van der Waals surface area contributed by atoms with Crippen LogP contribution in [0, 0.1) is 5.82 Å². The van der Waals surface area contributed by atoms with Crippen molar-refractivity contribution in [3.05, 3.63) is 41.7 Å². The number of aliphatic hydroxyl groups is 1. The molecule has 0 aromatic heterocycles. The van der Waals surface area contributed by atoms with E-state index in [1.165, 1.54) is 13.2 Å². The van der Waals surface area contributed by atoms with Crippen LogP contribution in [-0.4, -0.2) is 34.5 Å². The van der Waals surface area contributed by atoms with Gasteiger partial charge >= 0.3 is 5.97 Å². The van der Waals surface area contributed by atoms with Crippen LogP contribution in [-0.2, 0) is 9.53 Å². The second-order valence-corrected chi connectivity index (χ2v) is 3.55. The summed E-state index contributed by atoms with van der Waals surface area (Å²) in [7, 11) is 1.29. The number of aromatic hydroxyl groups is 1. The highest BCUT2D eigenvalue weighted by Gasteiger charge is 2.19. The maximum absolute atomic E-state index is 13.1. The summed E-state index contributed by atoms with van der Waals surface area (Å²) in [5.41, 5.74) is 0.173. The van der Waals surface area contributed by atoms with Gasteiger partial charge in [0.25, 0.3) is 0 Å². The minimum Gasteiger partial charge on any atom is -0.505 e. The Morgan fingerprint density at radius 1 is 1.50 bits per heavy atom. The molecule has 0 spiro atoms. The Bertz CT molecular complexity index is 458. The van der Waals surface area contributed by atoms with E-state index in [1.807, 2.05) is 0 Å². The van der Waals surface area contributed by atoms with Gasteiger partial charge in [-0.25, -0.2) is 9.18 Å². The van der Waals surface area contributed by atoms with Gasteiger partial charge in [0.1, 0.15) is 12.2 Å². The summed E-state index contributed by atoms with van der Waals surface area (Å²) in [6.07, 6.45) is -0.183. The summed E-state index contributed by atoms with van der Waals surface area (Å²) in [6.45, 7) is 0. The fraction of sp³-hybridized carbons (Fsp3) is 0.250. The van der Waals surface area contributed by atoms with Crippen LogP contribution >= 0.6 is 0 Å². The lowest BCUT2D eigenvalue weighted by Crippen LogP contribution is -2.19. The number of hydrogen-bond acceptors (Lipinski definition) is 4. The molecule has 1 rings (SSSR count). The van der Waals surface area contributed by atoms with Gasteiger partial charge in [-0.15, -0.1) is 0 Å². The molecule has 0 saturated carbocycles. The Kier molecular flexibility index (Phi) is 4.82. The smallest absolute Gasteiger partial charge is 0.328 e. The number of ether oxygens (including phenoxy) is 1. The zero-order valence-corrected chi connectivity index (χ0v) is 9.58. The normalized spacial score (nSPS) is 14.6. The predicted molar refractivity (Wildman–Crippen MR) is 60.6 cm³/mol. The third kappa shape index (κ3) is 3.54. The molecule has 0 amide bonds. The molecule has 0 heterocycles. The number of methoxy groups -OCH3 is 1. The van der Waals surface area contributed by atoms with Gasteiger partial charge in [-0.2, -0.15) is 0 Å². The molecular weight excluding hydrogens is 243 g/mol. The summed E-state index contributed by atoms with van der Waals surface area (Å²) in [5, 5.41) is 27.4. The van der Waals surface area contributed by atoms with Gasteiger partial charge in [0.15, 0.2) is 11.6 Å². The Morgan fingerprint density at radius 3 is 2.67 bits per heavy atom. The maximum atomic E-state index is 13.1. The van der Waals surface area contributed by atoms with Crippen molar-refractivity contribution < 1.29 is 29.2 Å². The number of hydrogen-bond donors (Lipinski definition) is 3. The number of halogens is 1. The average Bonchev–Trinajstić information content (AvgIpc) is 2.32. The fourth-order valence-corrected chi connectivity index (χ4v) is 1.39. The van der Waals surface area contributed by atoms with Crippen molar-refractivity contribution in [2.75, 3.05) is 7.11 Å². The van der Waals surface area contributed by atoms with Crippen LogP contribution in [0.1, 0.15) is 11.7 Å². The molecule has 18 heavy (non-hydrogen) atoms. The quantitative estimate of drug-likeness (QED) is 0.689. The highest BCUT2D eigenvalue weighted by atomic mass is 19.1. The van der Waals surface area contributed by atoms with Crippen molar-refractivity contribution in [3.8, 4) is 5.75 Å². The van der Waals surface area contributed by atoms with Gasteiger partial charge in [-0.3, -0.25) is 0 Å². The van der Waals surface area contributed by atoms with Crippen LogP contribution in [0.2, 0.25) is 0 Å². The lowest BCUT2D eigenvalue weighted by Gasteiger charge is -2.18. The first-order valence-electron chi connectivity index (χ1n) is 5.06. The number of carbonyl (C=O) groups is 1. The number of aliphatic carboxylic acids is 1. The van der Waals surface area contributed by atoms with E-state index in [2.05, 4.69) is 0 Å². The minimum atomic E-state index is -1.24. The van der Waals surface area contributed by atoms with E-state index in [0.29, 0.717) is 0 Å². The fourth-order valence-electron chi connectivity index (χ4n) is 1.39. The third-order valence-corrected chi connectivity index (χ3v) is 2.33. The van der Waals surface area contributed by atoms with Crippen molar-refractivity contribution in [1.29, 1.82) is 0 Å². The molecule has 5 nitrogen and oxygen atoms in total. The van der Waals surface area contributed by atoms with Gasteiger partial charge in [-0.1, -0.05) is 6.07 Å². The van der Waals surface area contributed by atoms with Crippen molar-refractivity contribution in [2.24, 2.45) is 0 Å². The monoisotopic (exact) mass is 256 g/mol. The summed E-state index contributed by atoms with van der Waals surface area (Å²) < 4.78 is 18.0. The Hall–Kier alpha value is -1.92. The molecule has 0 aliphatic rings. The minimum absolute atomic E-state index is 0.173. The van der Waals surface area contributed by atoms with Crippen molar-refractivity contribution in [1.82, 2.24) is 0 Å². The molecular formula is C12H13FO5. The van der Waals surface area contributed by atoms with Crippen molar-refractivity contribution in [2.45, 2.75) is 12.2 Å². The summed E-state index contributed by atoms with van der Waals surface area (Å²) in [4.78, 5) is 10.4. The van der Waals surface area contributed by atoms with E-state index in [9.17, 15) is 14.3 Å². The van der Waals surface area contributed by atoms with Crippen LogP contribution < -0.4 is 0 Å². The van der Waals surface area contributed by atoms with E-state index in [-0.39, 0.29) is 5.56 Å². The summed E-state index contributed by atoms with van der Waals surface area (Å²) >= 11 is 0. The van der Waals surface area contributed by atoms with Gasteiger partial charge in [-0.05, 0) is 23.8 Å². The topological polar surface area (TPSA) is 87.0 Å². The maximum Gasteiger partial charge on any atom is 0.328 e. The molecule has 0 saturated heterocycles. The van der Waals surface area contributed by atoms with Crippen LogP contribution in [0.3, 0.4) is 0 Å². The molecule has 1 aromatic carbocycles. The first kappa shape index (κ1) is 14.1. The zero-order valence-electron chi connectivity index (χ0n) is 9.58. The van der Waals surface area contributed by atoms with Gasteiger partial charge < -0.3 is 20.1 Å². The third-order valence-electron chi connectivity index (χ3n) is 2.33. The van der Waals surface area contributed by atoms with E-state index >= 15 is 0 Å². The largest absolute Gasteiger partial charge is 0.505 e.